The van der Waals surface area contributed by atoms with Crippen LogP contribution in [-0.2, 0) is 6.18 Å². The molecule has 0 unspecified atom stereocenters. The standard InChI is InChI=1S/C14H13F3N2O3/c1-8-6-12(22-19-8)13(21)18-7-11(20)9-4-2-3-5-10(9)14(15,16)17/h2-6,11,20H,7H2,1H3,(H,18,21)/t11-/m0/s1. The summed E-state index contributed by atoms with van der Waals surface area (Å²) in [6.07, 6.45) is -6.07. The van der Waals surface area contributed by atoms with Crippen molar-refractivity contribution in [2.45, 2.75) is 19.2 Å². The van der Waals surface area contributed by atoms with Crippen LogP contribution in [0.25, 0.3) is 0 Å². The molecule has 0 spiro atoms. The lowest BCUT2D eigenvalue weighted by atomic mass is 10.0. The normalized spacial score (nSPS) is 13.0. The first-order valence-corrected chi connectivity index (χ1v) is 6.34. The van der Waals surface area contributed by atoms with Crippen LogP contribution in [0, 0.1) is 6.92 Å². The number of benzene rings is 1. The molecule has 2 N–H and O–H groups in total. The molecule has 1 aromatic heterocycles. The molecule has 0 fully saturated rings. The van der Waals surface area contributed by atoms with Crippen LogP contribution >= 0.6 is 0 Å². The molecule has 0 saturated heterocycles. The Hall–Kier alpha value is -2.35. The maximum atomic E-state index is 12.9. The van der Waals surface area contributed by atoms with E-state index in [1.165, 1.54) is 18.2 Å². The Morgan fingerprint density at radius 3 is 2.68 bits per heavy atom. The zero-order valence-corrected chi connectivity index (χ0v) is 11.5. The lowest BCUT2D eigenvalue weighted by molar-refractivity contribution is -0.139. The molecule has 1 heterocycles. The fraction of sp³-hybridized carbons (Fsp3) is 0.286. The molecule has 1 aromatic carbocycles. The van der Waals surface area contributed by atoms with Crippen molar-refractivity contribution >= 4 is 5.91 Å². The molecule has 5 nitrogen and oxygen atoms in total. The molecule has 22 heavy (non-hydrogen) atoms. The second kappa shape index (κ2) is 6.18. The number of aliphatic hydroxyl groups is 1. The number of aryl methyl sites for hydroxylation is 1. The van der Waals surface area contributed by atoms with Crippen molar-refractivity contribution in [1.82, 2.24) is 10.5 Å². The lowest BCUT2D eigenvalue weighted by Crippen LogP contribution is -2.29. The Morgan fingerprint density at radius 2 is 2.09 bits per heavy atom. The summed E-state index contributed by atoms with van der Waals surface area (Å²) in [6, 6.07) is 6.04. The molecular formula is C14H13F3N2O3. The molecule has 118 valence electrons. The topological polar surface area (TPSA) is 75.4 Å². The van der Waals surface area contributed by atoms with Crippen molar-refractivity contribution in [3.63, 3.8) is 0 Å². The summed E-state index contributed by atoms with van der Waals surface area (Å²) >= 11 is 0. The first kappa shape index (κ1) is 16.0. The number of aromatic nitrogens is 1. The number of halogens is 3. The zero-order chi connectivity index (χ0) is 16.3. The third-order valence-electron chi connectivity index (χ3n) is 2.93. The van der Waals surface area contributed by atoms with E-state index in [0.29, 0.717) is 5.69 Å². The molecule has 0 aliphatic rings. The van der Waals surface area contributed by atoms with Gasteiger partial charge in [0, 0.05) is 12.6 Å². The van der Waals surface area contributed by atoms with Gasteiger partial charge in [0.1, 0.15) is 0 Å². The van der Waals surface area contributed by atoms with Gasteiger partial charge in [0.2, 0.25) is 5.76 Å². The van der Waals surface area contributed by atoms with Crippen molar-refractivity contribution in [3.05, 3.63) is 52.9 Å². The van der Waals surface area contributed by atoms with E-state index >= 15 is 0 Å². The highest BCUT2D eigenvalue weighted by Crippen LogP contribution is 2.34. The molecule has 2 aromatic rings. The number of hydrogen-bond acceptors (Lipinski definition) is 4. The molecule has 0 saturated carbocycles. The number of amides is 1. The predicted molar refractivity (Wildman–Crippen MR) is 70.0 cm³/mol. The molecule has 2 rings (SSSR count). The van der Waals surface area contributed by atoms with E-state index in [-0.39, 0.29) is 17.9 Å². The van der Waals surface area contributed by atoms with Gasteiger partial charge in [0.15, 0.2) is 0 Å². The maximum absolute atomic E-state index is 12.9. The summed E-state index contributed by atoms with van der Waals surface area (Å²) in [7, 11) is 0. The van der Waals surface area contributed by atoms with E-state index in [1.54, 1.807) is 6.92 Å². The quantitative estimate of drug-likeness (QED) is 0.909. The summed E-state index contributed by atoms with van der Waals surface area (Å²) in [4.78, 5) is 11.7. The minimum absolute atomic E-state index is 0.0752. The van der Waals surface area contributed by atoms with E-state index in [4.69, 9.17) is 4.52 Å². The number of carbonyl (C=O) groups is 1. The highest BCUT2D eigenvalue weighted by atomic mass is 19.4. The number of carbonyl (C=O) groups excluding carboxylic acids is 1. The van der Waals surface area contributed by atoms with E-state index < -0.39 is 23.8 Å². The number of alkyl halides is 3. The van der Waals surface area contributed by atoms with Gasteiger partial charge in [-0.25, -0.2) is 0 Å². The van der Waals surface area contributed by atoms with E-state index in [2.05, 4.69) is 10.5 Å². The minimum Gasteiger partial charge on any atom is -0.387 e. The Kier molecular flexibility index (Phi) is 4.51. The highest BCUT2D eigenvalue weighted by molar-refractivity contribution is 5.91. The van der Waals surface area contributed by atoms with Crippen LogP contribution in [0.2, 0.25) is 0 Å². The second-order valence-corrected chi connectivity index (χ2v) is 4.64. The minimum atomic E-state index is -4.58. The zero-order valence-electron chi connectivity index (χ0n) is 11.5. The maximum Gasteiger partial charge on any atom is 0.416 e. The van der Waals surface area contributed by atoms with Crippen LogP contribution in [0.15, 0.2) is 34.9 Å². The number of rotatable bonds is 4. The average Bonchev–Trinajstić information content (AvgIpc) is 2.90. The van der Waals surface area contributed by atoms with Crippen molar-refractivity contribution in [2.75, 3.05) is 6.54 Å². The van der Waals surface area contributed by atoms with Crippen molar-refractivity contribution in [2.24, 2.45) is 0 Å². The molecule has 8 heteroatoms. The monoisotopic (exact) mass is 314 g/mol. The van der Waals surface area contributed by atoms with Gasteiger partial charge in [0.25, 0.3) is 5.91 Å². The third kappa shape index (κ3) is 3.64. The van der Waals surface area contributed by atoms with Gasteiger partial charge in [-0.15, -0.1) is 0 Å². The molecule has 0 radical (unpaired) electrons. The highest BCUT2D eigenvalue weighted by Gasteiger charge is 2.34. The largest absolute Gasteiger partial charge is 0.416 e. The van der Waals surface area contributed by atoms with Crippen molar-refractivity contribution < 1.29 is 27.6 Å². The fourth-order valence-corrected chi connectivity index (χ4v) is 1.90. The van der Waals surface area contributed by atoms with Gasteiger partial charge in [0.05, 0.1) is 17.4 Å². The Morgan fingerprint density at radius 1 is 1.41 bits per heavy atom. The van der Waals surface area contributed by atoms with Crippen molar-refractivity contribution in [1.29, 1.82) is 0 Å². The number of hydrogen-bond donors (Lipinski definition) is 2. The van der Waals surface area contributed by atoms with Gasteiger partial charge >= 0.3 is 6.18 Å². The van der Waals surface area contributed by atoms with E-state index in [9.17, 15) is 23.1 Å². The fourth-order valence-electron chi connectivity index (χ4n) is 1.90. The second-order valence-electron chi connectivity index (χ2n) is 4.64. The Labute approximate surface area is 123 Å². The van der Waals surface area contributed by atoms with Gasteiger partial charge in [-0.3, -0.25) is 4.79 Å². The summed E-state index contributed by atoms with van der Waals surface area (Å²) in [6.45, 7) is 1.24. The van der Waals surface area contributed by atoms with Crippen LogP contribution in [0.1, 0.15) is 33.5 Å². The predicted octanol–water partition coefficient (Wildman–Crippen LogP) is 2.47. The molecule has 1 amide bonds. The molecule has 1 atom stereocenters. The molecular weight excluding hydrogens is 301 g/mol. The number of nitrogens with zero attached hydrogens (tertiary/aromatic N) is 1. The number of nitrogens with one attached hydrogen (secondary N) is 1. The molecule has 0 aliphatic heterocycles. The molecule has 0 bridgehead atoms. The third-order valence-corrected chi connectivity index (χ3v) is 2.93. The first-order chi connectivity index (χ1) is 10.3. The van der Waals surface area contributed by atoms with Crippen LogP contribution in [-0.4, -0.2) is 22.7 Å². The van der Waals surface area contributed by atoms with Crippen LogP contribution in [0.5, 0.6) is 0 Å². The van der Waals surface area contributed by atoms with Gasteiger partial charge in [-0.2, -0.15) is 13.2 Å². The van der Waals surface area contributed by atoms with E-state index in [1.807, 2.05) is 0 Å². The smallest absolute Gasteiger partial charge is 0.387 e. The van der Waals surface area contributed by atoms with Crippen molar-refractivity contribution in [3.8, 4) is 0 Å². The average molecular weight is 314 g/mol. The van der Waals surface area contributed by atoms with Gasteiger partial charge < -0.3 is 14.9 Å². The molecule has 0 aliphatic carbocycles. The van der Waals surface area contributed by atoms with Gasteiger partial charge in [-0.1, -0.05) is 23.4 Å². The first-order valence-electron chi connectivity index (χ1n) is 6.34. The summed E-state index contributed by atoms with van der Waals surface area (Å²) < 4.78 is 43.3. The summed E-state index contributed by atoms with van der Waals surface area (Å²) in [5.74, 6) is -0.738. The van der Waals surface area contributed by atoms with Crippen LogP contribution < -0.4 is 5.32 Å². The lowest BCUT2D eigenvalue weighted by Gasteiger charge is -2.17. The number of aliphatic hydroxyl groups excluding tert-OH is 1. The van der Waals surface area contributed by atoms with Crippen LogP contribution in [0.3, 0.4) is 0 Å². The van der Waals surface area contributed by atoms with Gasteiger partial charge in [-0.05, 0) is 18.6 Å². The SMILES string of the molecule is Cc1cc(C(=O)NC[C@H](O)c2ccccc2C(F)(F)F)on1. The van der Waals surface area contributed by atoms with Crippen LogP contribution in [0.4, 0.5) is 13.2 Å². The van der Waals surface area contributed by atoms with E-state index in [0.717, 1.165) is 12.1 Å². The summed E-state index contributed by atoms with van der Waals surface area (Å²) in [5.41, 5.74) is -0.746. The summed E-state index contributed by atoms with van der Waals surface area (Å²) in [5, 5.41) is 15.7. The Balaban J connectivity index is 2.07. The Bertz CT molecular complexity index is 667.